The Hall–Kier alpha value is -1.68. The first kappa shape index (κ1) is 11.4. The first-order chi connectivity index (χ1) is 8.63. The molecule has 0 saturated carbocycles. The molecule has 0 radical (unpaired) electrons. The molecule has 1 aliphatic heterocycles. The molecule has 0 fully saturated rings. The first-order valence-electron chi connectivity index (χ1n) is 5.64. The van der Waals surface area contributed by atoms with Gasteiger partial charge in [-0.1, -0.05) is 15.9 Å². The van der Waals surface area contributed by atoms with Gasteiger partial charge >= 0.3 is 0 Å². The van der Waals surface area contributed by atoms with Crippen LogP contribution in [0.4, 0.5) is 0 Å². The zero-order valence-corrected chi connectivity index (χ0v) is 11.1. The van der Waals surface area contributed by atoms with Gasteiger partial charge in [0.1, 0.15) is 23.0 Å². The number of phenolic OH excluding ortho intramolecular Hbond substituents is 2. The van der Waals surface area contributed by atoms with Gasteiger partial charge in [-0.3, -0.25) is 0 Å². The van der Waals surface area contributed by atoms with Gasteiger partial charge in [-0.05, 0) is 36.6 Å². The van der Waals surface area contributed by atoms with Crippen molar-refractivity contribution in [1.82, 2.24) is 0 Å². The Kier molecular flexibility index (Phi) is 2.67. The number of ether oxygens (including phenoxy) is 1. The molecule has 0 spiro atoms. The van der Waals surface area contributed by atoms with Crippen LogP contribution in [0, 0.1) is 0 Å². The predicted molar refractivity (Wildman–Crippen MR) is 71.4 cm³/mol. The lowest BCUT2D eigenvalue weighted by Crippen LogP contribution is -1.89. The summed E-state index contributed by atoms with van der Waals surface area (Å²) in [6.07, 6.45) is 1.48. The Morgan fingerprint density at radius 2 is 1.83 bits per heavy atom. The third kappa shape index (κ3) is 1.93. The lowest BCUT2D eigenvalue weighted by atomic mass is 10.0. The molecule has 0 unspecified atom stereocenters. The standard InChI is InChI=1S/C14H11BrO3/c15-9-2-4-13-8(5-9)1-3-11-12(17)6-10(16)7-14(11)18-13/h2,4-7,16-17H,1,3H2. The molecule has 4 heteroatoms. The number of hydrogen-bond donors (Lipinski definition) is 2. The zero-order valence-electron chi connectivity index (χ0n) is 9.48. The van der Waals surface area contributed by atoms with E-state index >= 15 is 0 Å². The van der Waals surface area contributed by atoms with E-state index in [1.54, 1.807) is 0 Å². The molecule has 1 heterocycles. The molecule has 0 amide bonds. The van der Waals surface area contributed by atoms with E-state index in [0.29, 0.717) is 12.2 Å². The molecule has 2 N–H and O–H groups in total. The average Bonchev–Trinajstić information content (AvgIpc) is 2.47. The van der Waals surface area contributed by atoms with Crippen molar-refractivity contribution in [3.05, 3.63) is 45.9 Å². The third-order valence-corrected chi connectivity index (χ3v) is 3.55. The highest BCUT2D eigenvalue weighted by Gasteiger charge is 2.18. The van der Waals surface area contributed by atoms with Crippen LogP contribution < -0.4 is 4.74 Å². The van der Waals surface area contributed by atoms with Crippen molar-refractivity contribution in [1.29, 1.82) is 0 Å². The number of benzene rings is 2. The molecule has 0 aliphatic carbocycles. The van der Waals surface area contributed by atoms with Gasteiger partial charge in [0.2, 0.25) is 0 Å². The van der Waals surface area contributed by atoms with Crippen LogP contribution in [0.25, 0.3) is 0 Å². The van der Waals surface area contributed by atoms with Crippen molar-refractivity contribution in [3.63, 3.8) is 0 Å². The summed E-state index contributed by atoms with van der Waals surface area (Å²) in [7, 11) is 0. The fraction of sp³-hybridized carbons (Fsp3) is 0.143. The van der Waals surface area contributed by atoms with Crippen LogP contribution >= 0.6 is 15.9 Å². The quantitative estimate of drug-likeness (QED) is 0.779. The van der Waals surface area contributed by atoms with E-state index in [1.165, 1.54) is 12.1 Å². The second-order valence-electron chi connectivity index (χ2n) is 4.30. The van der Waals surface area contributed by atoms with Gasteiger partial charge in [0.15, 0.2) is 0 Å². The normalized spacial score (nSPS) is 13.2. The molecule has 92 valence electrons. The number of aromatic hydroxyl groups is 2. The predicted octanol–water partition coefficient (Wildman–Crippen LogP) is 3.75. The maximum absolute atomic E-state index is 9.85. The zero-order chi connectivity index (χ0) is 12.7. The van der Waals surface area contributed by atoms with E-state index in [0.717, 1.165) is 27.8 Å². The Morgan fingerprint density at radius 1 is 1.00 bits per heavy atom. The molecule has 0 aromatic heterocycles. The Bertz CT molecular complexity index is 623. The highest BCUT2D eigenvalue weighted by molar-refractivity contribution is 9.10. The number of aryl methyl sites for hydroxylation is 1. The monoisotopic (exact) mass is 306 g/mol. The van der Waals surface area contributed by atoms with Crippen LogP contribution in [-0.2, 0) is 12.8 Å². The SMILES string of the molecule is Oc1cc(O)c2c(c1)Oc1ccc(Br)cc1CC2. The Labute approximate surface area is 113 Å². The second kappa shape index (κ2) is 4.21. The Morgan fingerprint density at radius 3 is 2.67 bits per heavy atom. The lowest BCUT2D eigenvalue weighted by Gasteiger charge is -2.10. The summed E-state index contributed by atoms with van der Waals surface area (Å²) >= 11 is 3.43. The molecular weight excluding hydrogens is 296 g/mol. The molecule has 1 aliphatic rings. The van der Waals surface area contributed by atoms with Crippen molar-refractivity contribution in [2.45, 2.75) is 12.8 Å². The van der Waals surface area contributed by atoms with Gasteiger partial charge in [0.05, 0.1) is 0 Å². The molecule has 2 aromatic rings. The Balaban J connectivity index is 2.12. The minimum Gasteiger partial charge on any atom is -0.508 e. The summed E-state index contributed by atoms with van der Waals surface area (Å²) in [4.78, 5) is 0. The van der Waals surface area contributed by atoms with Crippen LogP contribution in [0.5, 0.6) is 23.0 Å². The number of hydrogen-bond acceptors (Lipinski definition) is 3. The molecule has 2 aromatic carbocycles. The summed E-state index contributed by atoms with van der Waals surface area (Å²) in [5.41, 5.74) is 1.82. The van der Waals surface area contributed by atoms with Gasteiger partial charge in [0, 0.05) is 22.2 Å². The summed E-state index contributed by atoms with van der Waals surface area (Å²) in [5.74, 6) is 1.37. The average molecular weight is 307 g/mol. The smallest absolute Gasteiger partial charge is 0.138 e. The minimum absolute atomic E-state index is 0.00631. The highest BCUT2D eigenvalue weighted by Crippen LogP contribution is 2.40. The van der Waals surface area contributed by atoms with E-state index in [4.69, 9.17) is 4.74 Å². The van der Waals surface area contributed by atoms with Crippen molar-refractivity contribution < 1.29 is 14.9 Å². The lowest BCUT2D eigenvalue weighted by molar-refractivity contribution is 0.427. The maximum atomic E-state index is 9.85. The van der Waals surface area contributed by atoms with E-state index in [-0.39, 0.29) is 11.5 Å². The first-order valence-corrected chi connectivity index (χ1v) is 6.44. The van der Waals surface area contributed by atoms with Crippen molar-refractivity contribution in [3.8, 4) is 23.0 Å². The van der Waals surface area contributed by atoms with Gasteiger partial charge < -0.3 is 14.9 Å². The largest absolute Gasteiger partial charge is 0.508 e. The minimum atomic E-state index is 0.00631. The third-order valence-electron chi connectivity index (χ3n) is 3.06. The summed E-state index contributed by atoms with van der Waals surface area (Å²) in [6, 6.07) is 8.68. The molecule has 18 heavy (non-hydrogen) atoms. The fourth-order valence-corrected chi connectivity index (χ4v) is 2.59. The number of fused-ring (bicyclic) bond motifs is 2. The molecule has 0 bridgehead atoms. The molecule has 0 atom stereocenters. The summed E-state index contributed by atoms with van der Waals surface area (Å²) in [5, 5.41) is 19.4. The van der Waals surface area contributed by atoms with E-state index in [1.807, 2.05) is 18.2 Å². The summed E-state index contributed by atoms with van der Waals surface area (Å²) < 4.78 is 6.78. The van der Waals surface area contributed by atoms with Gasteiger partial charge in [-0.2, -0.15) is 0 Å². The van der Waals surface area contributed by atoms with Crippen LogP contribution in [0.1, 0.15) is 11.1 Å². The van der Waals surface area contributed by atoms with Crippen LogP contribution in [-0.4, -0.2) is 10.2 Å². The molecular formula is C14H11BrO3. The van der Waals surface area contributed by atoms with Crippen molar-refractivity contribution in [2.24, 2.45) is 0 Å². The molecule has 0 saturated heterocycles. The van der Waals surface area contributed by atoms with Crippen LogP contribution in [0.2, 0.25) is 0 Å². The second-order valence-corrected chi connectivity index (χ2v) is 5.21. The number of phenols is 2. The molecule has 3 rings (SSSR count). The fourth-order valence-electron chi connectivity index (χ4n) is 2.18. The number of rotatable bonds is 0. The van der Waals surface area contributed by atoms with Crippen molar-refractivity contribution in [2.75, 3.05) is 0 Å². The number of halogens is 1. The van der Waals surface area contributed by atoms with Gasteiger partial charge in [-0.15, -0.1) is 0 Å². The van der Waals surface area contributed by atoms with Crippen molar-refractivity contribution >= 4 is 15.9 Å². The van der Waals surface area contributed by atoms with Crippen LogP contribution in [0.15, 0.2) is 34.8 Å². The van der Waals surface area contributed by atoms with Gasteiger partial charge in [-0.25, -0.2) is 0 Å². The van der Waals surface area contributed by atoms with E-state index in [2.05, 4.69) is 15.9 Å². The van der Waals surface area contributed by atoms with Gasteiger partial charge in [0.25, 0.3) is 0 Å². The van der Waals surface area contributed by atoms with Crippen LogP contribution in [0.3, 0.4) is 0 Å². The van der Waals surface area contributed by atoms with E-state index in [9.17, 15) is 10.2 Å². The molecule has 3 nitrogen and oxygen atoms in total. The topological polar surface area (TPSA) is 49.7 Å². The van der Waals surface area contributed by atoms with E-state index < -0.39 is 0 Å². The maximum Gasteiger partial charge on any atom is 0.138 e. The summed E-state index contributed by atoms with van der Waals surface area (Å²) in [6.45, 7) is 0. The highest BCUT2D eigenvalue weighted by atomic mass is 79.9.